The van der Waals surface area contributed by atoms with Crippen molar-refractivity contribution in [2.45, 2.75) is 0 Å². The van der Waals surface area contributed by atoms with Gasteiger partial charge in [-0.25, -0.2) is 8.78 Å². The molecule has 4 nitrogen and oxygen atoms in total. The van der Waals surface area contributed by atoms with Crippen molar-refractivity contribution in [1.82, 2.24) is 0 Å². The molecule has 0 saturated heterocycles. The lowest BCUT2D eigenvalue weighted by Gasteiger charge is -1.99. The lowest BCUT2D eigenvalue weighted by molar-refractivity contribution is -0.387. The first-order chi connectivity index (χ1) is 6.49. The number of nitrogens with zero attached hydrogens (tertiary/aromatic N) is 1. The molecule has 1 aromatic carbocycles. The number of rotatable bonds is 2. The highest BCUT2D eigenvalue weighted by atomic mass is 19.2. The molecule has 0 aromatic heterocycles. The molecule has 0 aliphatic heterocycles. The molecule has 0 saturated carbocycles. The molecule has 0 aliphatic carbocycles. The molecule has 0 atom stereocenters. The number of benzene rings is 1. The molecule has 7 heteroatoms. The van der Waals surface area contributed by atoms with Crippen LogP contribution in [0.3, 0.4) is 0 Å². The molecular weight excluding hydrogens is 203 g/mol. The Morgan fingerprint density at radius 1 is 1.21 bits per heavy atom. The summed E-state index contributed by atoms with van der Waals surface area (Å²) >= 11 is 0. The van der Waals surface area contributed by atoms with Crippen molar-refractivity contribution < 1.29 is 22.9 Å². The maximum Gasteiger partial charge on any atom is 0.308 e. The Morgan fingerprint density at radius 2 is 1.79 bits per heavy atom. The third-order valence-corrected chi connectivity index (χ3v) is 1.48. The van der Waals surface area contributed by atoms with E-state index < -0.39 is 33.6 Å². The van der Waals surface area contributed by atoms with Crippen molar-refractivity contribution in [3.63, 3.8) is 0 Å². The zero-order valence-electron chi connectivity index (χ0n) is 6.46. The van der Waals surface area contributed by atoms with Crippen molar-refractivity contribution >= 4 is 12.0 Å². The van der Waals surface area contributed by atoms with Crippen LogP contribution < -0.4 is 0 Å². The van der Waals surface area contributed by atoms with E-state index >= 15 is 0 Å². The zero-order valence-corrected chi connectivity index (χ0v) is 6.46. The van der Waals surface area contributed by atoms with Crippen LogP contribution in [0, 0.1) is 27.6 Å². The second kappa shape index (κ2) is 3.44. The Bertz CT molecular complexity index is 419. The van der Waals surface area contributed by atoms with Gasteiger partial charge in [0.15, 0.2) is 12.1 Å². The van der Waals surface area contributed by atoms with Gasteiger partial charge in [-0.15, -0.1) is 0 Å². The largest absolute Gasteiger partial charge is 0.308 e. The topological polar surface area (TPSA) is 60.2 Å². The van der Waals surface area contributed by atoms with Gasteiger partial charge in [0, 0.05) is 6.07 Å². The van der Waals surface area contributed by atoms with Crippen molar-refractivity contribution in [3.05, 3.63) is 39.2 Å². The van der Waals surface area contributed by atoms with E-state index in [1.54, 1.807) is 0 Å². The standard InChI is InChI=1S/C7H2F3NO3/c8-5-3(2-12)1-4(11(13)14)6(9)7(5)10/h1-2H. The molecule has 0 aliphatic rings. The van der Waals surface area contributed by atoms with Crippen LogP contribution in [0.4, 0.5) is 18.9 Å². The minimum atomic E-state index is -2.03. The molecule has 0 unspecified atom stereocenters. The third-order valence-electron chi connectivity index (χ3n) is 1.48. The summed E-state index contributed by atoms with van der Waals surface area (Å²) in [5.74, 6) is -5.68. The minimum Gasteiger partial charge on any atom is -0.298 e. The molecule has 0 N–H and O–H groups in total. The number of nitro benzene ring substituents is 1. The van der Waals surface area contributed by atoms with Crippen molar-refractivity contribution in [3.8, 4) is 0 Å². The van der Waals surface area contributed by atoms with Gasteiger partial charge in [0.25, 0.3) is 0 Å². The average Bonchev–Trinajstić information content (AvgIpc) is 2.14. The van der Waals surface area contributed by atoms with Crippen LogP contribution in [0.15, 0.2) is 6.07 Å². The summed E-state index contributed by atoms with van der Waals surface area (Å²) in [7, 11) is 0. The van der Waals surface area contributed by atoms with Crippen LogP contribution in [0.1, 0.15) is 10.4 Å². The van der Waals surface area contributed by atoms with Gasteiger partial charge in [-0.1, -0.05) is 0 Å². The maximum atomic E-state index is 12.7. The SMILES string of the molecule is O=Cc1cc([N+](=O)[O-])c(F)c(F)c1F. The summed E-state index contributed by atoms with van der Waals surface area (Å²) in [4.78, 5) is 19.0. The summed E-state index contributed by atoms with van der Waals surface area (Å²) in [5.41, 5.74) is -2.17. The Morgan fingerprint density at radius 3 is 2.21 bits per heavy atom. The van der Waals surface area contributed by atoms with Crippen LogP contribution in [-0.2, 0) is 0 Å². The number of aldehydes is 1. The van der Waals surface area contributed by atoms with E-state index in [0.29, 0.717) is 6.07 Å². The average molecular weight is 205 g/mol. The lowest BCUT2D eigenvalue weighted by atomic mass is 10.2. The molecule has 14 heavy (non-hydrogen) atoms. The molecule has 0 bridgehead atoms. The number of carbonyl (C=O) groups is 1. The summed E-state index contributed by atoms with van der Waals surface area (Å²) in [6.45, 7) is 0. The van der Waals surface area contributed by atoms with Gasteiger partial charge in [-0.05, 0) is 0 Å². The van der Waals surface area contributed by atoms with E-state index in [1.165, 1.54) is 0 Å². The number of nitro groups is 1. The van der Waals surface area contributed by atoms with E-state index in [9.17, 15) is 28.1 Å². The first-order valence-corrected chi connectivity index (χ1v) is 3.26. The van der Waals surface area contributed by atoms with E-state index in [0.717, 1.165) is 0 Å². The van der Waals surface area contributed by atoms with Gasteiger partial charge in [0.05, 0.1) is 10.5 Å². The Hall–Kier alpha value is -1.92. The lowest BCUT2D eigenvalue weighted by Crippen LogP contribution is -2.02. The van der Waals surface area contributed by atoms with Gasteiger partial charge in [-0.3, -0.25) is 14.9 Å². The molecule has 0 spiro atoms. The summed E-state index contributed by atoms with van der Waals surface area (Å²) in [6.07, 6.45) is -0.134. The Labute approximate surface area is 75.1 Å². The molecule has 1 aromatic rings. The first-order valence-electron chi connectivity index (χ1n) is 3.26. The quantitative estimate of drug-likeness (QED) is 0.320. The van der Waals surface area contributed by atoms with Gasteiger partial charge in [0.2, 0.25) is 11.6 Å². The van der Waals surface area contributed by atoms with Gasteiger partial charge >= 0.3 is 5.69 Å². The highest BCUT2D eigenvalue weighted by Gasteiger charge is 2.25. The molecule has 0 fully saturated rings. The highest BCUT2D eigenvalue weighted by Crippen LogP contribution is 2.24. The number of carbonyl (C=O) groups excluding carboxylic acids is 1. The Kier molecular flexibility index (Phi) is 2.50. The van der Waals surface area contributed by atoms with E-state index in [1.807, 2.05) is 0 Å². The van der Waals surface area contributed by atoms with Crippen LogP contribution in [-0.4, -0.2) is 11.2 Å². The second-order valence-corrected chi connectivity index (χ2v) is 2.30. The van der Waals surface area contributed by atoms with Gasteiger partial charge in [0.1, 0.15) is 0 Å². The minimum absolute atomic E-state index is 0.134. The molecule has 0 amide bonds. The first kappa shape index (κ1) is 10.2. The second-order valence-electron chi connectivity index (χ2n) is 2.30. The monoisotopic (exact) mass is 205 g/mol. The summed E-state index contributed by atoms with van der Waals surface area (Å²) in [5, 5.41) is 10.1. The molecule has 74 valence electrons. The number of hydrogen-bond donors (Lipinski definition) is 0. The molecule has 1 rings (SSSR count). The number of halogens is 3. The highest BCUT2D eigenvalue weighted by molar-refractivity contribution is 5.76. The van der Waals surface area contributed by atoms with Crippen molar-refractivity contribution in [2.24, 2.45) is 0 Å². The fraction of sp³-hybridized carbons (Fsp3) is 0. The fourth-order valence-corrected chi connectivity index (χ4v) is 0.828. The van der Waals surface area contributed by atoms with Crippen molar-refractivity contribution in [2.75, 3.05) is 0 Å². The summed E-state index contributed by atoms with van der Waals surface area (Å²) < 4.78 is 37.9. The van der Waals surface area contributed by atoms with Crippen LogP contribution >= 0.6 is 0 Å². The predicted molar refractivity (Wildman–Crippen MR) is 38.4 cm³/mol. The number of hydrogen-bond acceptors (Lipinski definition) is 3. The maximum absolute atomic E-state index is 12.7. The van der Waals surface area contributed by atoms with Crippen LogP contribution in [0.2, 0.25) is 0 Å². The zero-order chi connectivity index (χ0) is 10.9. The van der Waals surface area contributed by atoms with Gasteiger partial charge < -0.3 is 0 Å². The Balaban J connectivity index is 3.56. The smallest absolute Gasteiger partial charge is 0.298 e. The molecular formula is C7H2F3NO3. The van der Waals surface area contributed by atoms with Crippen LogP contribution in [0.5, 0.6) is 0 Å². The van der Waals surface area contributed by atoms with Gasteiger partial charge in [-0.2, -0.15) is 4.39 Å². The molecule has 0 heterocycles. The predicted octanol–water partition coefficient (Wildman–Crippen LogP) is 1.82. The third kappa shape index (κ3) is 1.43. The fourth-order valence-electron chi connectivity index (χ4n) is 0.828. The van der Waals surface area contributed by atoms with E-state index in [2.05, 4.69) is 0 Å². The van der Waals surface area contributed by atoms with Crippen molar-refractivity contribution in [1.29, 1.82) is 0 Å². The normalized spacial score (nSPS) is 9.93. The van der Waals surface area contributed by atoms with E-state index in [4.69, 9.17) is 0 Å². The van der Waals surface area contributed by atoms with E-state index in [-0.39, 0.29) is 6.29 Å². The van der Waals surface area contributed by atoms with Crippen LogP contribution in [0.25, 0.3) is 0 Å². The summed E-state index contributed by atoms with van der Waals surface area (Å²) in [6, 6.07) is 0.334. The molecule has 0 radical (unpaired) electrons.